The molecule has 0 unspecified atom stereocenters. The van der Waals surface area contributed by atoms with Gasteiger partial charge in [0.2, 0.25) is 0 Å². The Morgan fingerprint density at radius 2 is 2.00 bits per heavy atom. The molecule has 16 heavy (non-hydrogen) atoms. The molecule has 0 bridgehead atoms. The zero-order chi connectivity index (χ0) is 11.3. The Morgan fingerprint density at radius 3 is 2.75 bits per heavy atom. The maximum atomic E-state index is 12.2. The molecule has 2 aromatic heterocycles. The van der Waals surface area contributed by atoms with E-state index in [9.17, 15) is 4.79 Å². The van der Waals surface area contributed by atoms with E-state index in [4.69, 9.17) is 0 Å². The van der Waals surface area contributed by atoms with Crippen molar-refractivity contribution < 1.29 is 4.79 Å². The van der Waals surface area contributed by atoms with Crippen molar-refractivity contribution in [2.75, 3.05) is 6.54 Å². The highest BCUT2D eigenvalue weighted by Crippen LogP contribution is 2.25. The average molecular weight is 214 g/mol. The van der Waals surface area contributed by atoms with Crippen molar-refractivity contribution in [2.45, 2.75) is 20.4 Å². The molecule has 0 radical (unpaired) electrons. The zero-order valence-corrected chi connectivity index (χ0v) is 9.53. The maximum absolute atomic E-state index is 12.2. The number of pyridine rings is 1. The smallest absolute Gasteiger partial charge is 0.271 e. The summed E-state index contributed by atoms with van der Waals surface area (Å²) >= 11 is 0. The van der Waals surface area contributed by atoms with E-state index >= 15 is 0 Å². The van der Waals surface area contributed by atoms with Crippen LogP contribution in [0.25, 0.3) is 5.52 Å². The van der Waals surface area contributed by atoms with Crippen molar-refractivity contribution in [3.05, 3.63) is 41.2 Å². The van der Waals surface area contributed by atoms with Crippen LogP contribution in [0.4, 0.5) is 0 Å². The third-order valence-corrected chi connectivity index (χ3v) is 3.32. The fourth-order valence-electron chi connectivity index (χ4n) is 2.45. The third-order valence-electron chi connectivity index (χ3n) is 3.32. The summed E-state index contributed by atoms with van der Waals surface area (Å²) in [5, 5.41) is 0. The van der Waals surface area contributed by atoms with E-state index in [2.05, 4.69) is 28.7 Å². The number of amides is 1. The standard InChI is InChI=1S/C13H14N2O/c1-3-14-8-10-5-7-11-6-4-9(2)15(11)12(10)13(14)16/h4-7H,3,8H2,1-2H3. The second-order valence-electron chi connectivity index (χ2n) is 4.26. The minimum Gasteiger partial charge on any atom is -0.333 e. The normalized spacial score (nSPS) is 14.9. The topological polar surface area (TPSA) is 24.7 Å². The SMILES string of the molecule is CCN1Cc2ccc3ccc(C)n3c2C1=O. The van der Waals surface area contributed by atoms with Crippen LogP contribution < -0.4 is 0 Å². The first-order valence-electron chi connectivity index (χ1n) is 5.61. The first-order chi connectivity index (χ1) is 7.72. The molecule has 3 rings (SSSR count). The minimum atomic E-state index is 0.155. The van der Waals surface area contributed by atoms with Crippen LogP contribution in [0.5, 0.6) is 0 Å². The Labute approximate surface area is 94.3 Å². The van der Waals surface area contributed by atoms with Gasteiger partial charge in [0, 0.05) is 29.9 Å². The molecule has 2 aromatic rings. The summed E-state index contributed by atoms with van der Waals surface area (Å²) in [4.78, 5) is 14.1. The molecular weight excluding hydrogens is 200 g/mol. The predicted octanol–water partition coefficient (Wildman–Crippen LogP) is 2.22. The predicted molar refractivity (Wildman–Crippen MR) is 62.5 cm³/mol. The van der Waals surface area contributed by atoms with E-state index in [0.717, 1.165) is 35.6 Å². The van der Waals surface area contributed by atoms with Crippen molar-refractivity contribution in [1.82, 2.24) is 9.30 Å². The van der Waals surface area contributed by atoms with Crippen LogP contribution in [0.3, 0.4) is 0 Å². The summed E-state index contributed by atoms with van der Waals surface area (Å²) in [7, 11) is 0. The average Bonchev–Trinajstić information content (AvgIpc) is 2.81. The lowest BCUT2D eigenvalue weighted by Crippen LogP contribution is -2.24. The highest BCUT2D eigenvalue weighted by Gasteiger charge is 2.28. The molecule has 1 amide bonds. The Hall–Kier alpha value is -1.77. The largest absolute Gasteiger partial charge is 0.333 e. The van der Waals surface area contributed by atoms with Crippen molar-refractivity contribution >= 4 is 11.4 Å². The lowest BCUT2D eigenvalue weighted by atomic mass is 10.2. The van der Waals surface area contributed by atoms with Crippen LogP contribution in [0, 0.1) is 6.92 Å². The number of fused-ring (bicyclic) bond motifs is 3. The molecule has 3 heteroatoms. The molecule has 0 aromatic carbocycles. The molecule has 82 valence electrons. The Balaban J connectivity index is 2.33. The molecule has 3 nitrogen and oxygen atoms in total. The summed E-state index contributed by atoms with van der Waals surface area (Å²) in [5.41, 5.74) is 4.21. The van der Waals surface area contributed by atoms with Crippen LogP contribution in [0.15, 0.2) is 24.3 Å². The first-order valence-corrected chi connectivity index (χ1v) is 5.61. The monoisotopic (exact) mass is 214 g/mol. The van der Waals surface area contributed by atoms with Crippen LogP contribution in [-0.2, 0) is 6.54 Å². The maximum Gasteiger partial charge on any atom is 0.271 e. The highest BCUT2D eigenvalue weighted by molar-refractivity contribution is 5.97. The Kier molecular flexibility index (Phi) is 1.84. The molecular formula is C13H14N2O. The number of hydrogen-bond acceptors (Lipinski definition) is 1. The van der Waals surface area contributed by atoms with Gasteiger partial charge < -0.3 is 9.30 Å². The van der Waals surface area contributed by atoms with Crippen molar-refractivity contribution in [2.24, 2.45) is 0 Å². The first kappa shape index (κ1) is 9.46. The molecule has 0 aliphatic carbocycles. The van der Waals surface area contributed by atoms with Crippen molar-refractivity contribution in [3.63, 3.8) is 0 Å². The van der Waals surface area contributed by atoms with E-state index < -0.39 is 0 Å². The Bertz CT molecular complexity index is 583. The van der Waals surface area contributed by atoms with Crippen LogP contribution in [-0.4, -0.2) is 21.8 Å². The molecule has 1 aliphatic heterocycles. The van der Waals surface area contributed by atoms with Crippen molar-refractivity contribution in [1.29, 1.82) is 0 Å². The van der Waals surface area contributed by atoms with Gasteiger partial charge in [-0.15, -0.1) is 0 Å². The number of carbonyl (C=O) groups is 1. The number of rotatable bonds is 1. The molecule has 1 aliphatic rings. The second kappa shape index (κ2) is 3.11. The van der Waals surface area contributed by atoms with Gasteiger partial charge in [-0.25, -0.2) is 0 Å². The zero-order valence-electron chi connectivity index (χ0n) is 9.53. The number of hydrogen-bond donors (Lipinski definition) is 0. The lowest BCUT2D eigenvalue weighted by molar-refractivity contribution is 0.0781. The van der Waals surface area contributed by atoms with Crippen LogP contribution in [0.2, 0.25) is 0 Å². The molecule has 0 spiro atoms. The lowest BCUT2D eigenvalue weighted by Gasteiger charge is -2.11. The Morgan fingerprint density at radius 1 is 1.25 bits per heavy atom. The van der Waals surface area contributed by atoms with Gasteiger partial charge in [-0.2, -0.15) is 0 Å². The second-order valence-corrected chi connectivity index (χ2v) is 4.26. The summed E-state index contributed by atoms with van der Waals surface area (Å²) in [6.07, 6.45) is 0. The van der Waals surface area contributed by atoms with Gasteiger partial charge >= 0.3 is 0 Å². The van der Waals surface area contributed by atoms with E-state index in [1.54, 1.807) is 0 Å². The van der Waals surface area contributed by atoms with E-state index in [1.807, 2.05) is 18.7 Å². The molecule has 0 fully saturated rings. The van der Waals surface area contributed by atoms with Gasteiger partial charge in [-0.3, -0.25) is 4.79 Å². The molecule has 0 N–H and O–H groups in total. The summed E-state index contributed by atoms with van der Waals surface area (Å²) in [5.74, 6) is 0.155. The number of aryl methyl sites for hydroxylation is 1. The molecule has 0 atom stereocenters. The van der Waals surface area contributed by atoms with Gasteiger partial charge in [-0.05, 0) is 32.0 Å². The fraction of sp³-hybridized carbons (Fsp3) is 0.308. The number of nitrogens with zero attached hydrogens (tertiary/aromatic N) is 2. The number of carbonyl (C=O) groups excluding carboxylic acids is 1. The van der Waals surface area contributed by atoms with E-state index in [0.29, 0.717) is 0 Å². The van der Waals surface area contributed by atoms with E-state index in [-0.39, 0.29) is 5.91 Å². The van der Waals surface area contributed by atoms with Crippen LogP contribution >= 0.6 is 0 Å². The van der Waals surface area contributed by atoms with E-state index in [1.165, 1.54) is 0 Å². The highest BCUT2D eigenvalue weighted by atomic mass is 16.2. The summed E-state index contributed by atoms with van der Waals surface area (Å²) in [6.45, 7) is 5.58. The quantitative estimate of drug-likeness (QED) is 0.714. The minimum absolute atomic E-state index is 0.155. The van der Waals surface area contributed by atoms with Gasteiger partial charge in [-0.1, -0.05) is 6.07 Å². The summed E-state index contributed by atoms with van der Waals surface area (Å²) < 4.78 is 2.06. The van der Waals surface area contributed by atoms with Gasteiger partial charge in [0.15, 0.2) is 0 Å². The van der Waals surface area contributed by atoms with Gasteiger partial charge in [0.1, 0.15) is 5.69 Å². The summed E-state index contributed by atoms with van der Waals surface area (Å²) in [6, 6.07) is 8.25. The van der Waals surface area contributed by atoms with Gasteiger partial charge in [0.25, 0.3) is 5.91 Å². The number of aromatic nitrogens is 1. The fourth-order valence-corrected chi connectivity index (χ4v) is 2.45. The molecule has 3 heterocycles. The van der Waals surface area contributed by atoms with Crippen molar-refractivity contribution in [3.8, 4) is 0 Å². The molecule has 0 saturated carbocycles. The van der Waals surface area contributed by atoms with Crippen LogP contribution in [0.1, 0.15) is 28.7 Å². The molecule has 0 saturated heterocycles. The third kappa shape index (κ3) is 1.06. The van der Waals surface area contributed by atoms with Gasteiger partial charge in [0.05, 0.1) is 0 Å².